The number of amides is 1. The Morgan fingerprint density at radius 3 is 2.33 bits per heavy atom. The third-order valence-corrected chi connectivity index (χ3v) is 3.66. The van der Waals surface area contributed by atoms with Gasteiger partial charge in [-0.15, -0.1) is 0 Å². The molecule has 0 fully saturated rings. The van der Waals surface area contributed by atoms with Crippen molar-refractivity contribution in [1.29, 1.82) is 0 Å². The summed E-state index contributed by atoms with van der Waals surface area (Å²) in [5.41, 5.74) is 1.80. The van der Waals surface area contributed by atoms with E-state index in [0.29, 0.717) is 11.3 Å². The van der Waals surface area contributed by atoms with Crippen LogP contribution in [0.2, 0.25) is 0 Å². The largest absolute Gasteiger partial charge is 0.506 e. The summed E-state index contributed by atoms with van der Waals surface area (Å²) >= 11 is 0. The van der Waals surface area contributed by atoms with E-state index in [1.54, 1.807) is 30.3 Å². The molecule has 0 atom stereocenters. The van der Waals surface area contributed by atoms with Crippen LogP contribution in [0.3, 0.4) is 0 Å². The molecule has 0 spiro atoms. The first kappa shape index (κ1) is 17.5. The van der Waals surface area contributed by atoms with Gasteiger partial charge in [-0.2, -0.15) is 0 Å². The highest BCUT2D eigenvalue weighted by Crippen LogP contribution is 2.31. The van der Waals surface area contributed by atoms with Crippen molar-refractivity contribution < 1.29 is 19.4 Å². The minimum atomic E-state index is -0.512. The first-order valence-corrected chi connectivity index (χ1v) is 7.55. The second-order valence-corrected chi connectivity index (χ2v) is 6.51. The van der Waals surface area contributed by atoms with Crippen LogP contribution in [0.15, 0.2) is 42.5 Å². The number of ether oxygens (including phenoxy) is 1. The number of phenolic OH excluding ortho intramolecular Hbond substituents is 1. The van der Waals surface area contributed by atoms with Crippen LogP contribution in [0.5, 0.6) is 5.75 Å². The Hall–Kier alpha value is -2.82. The van der Waals surface area contributed by atoms with E-state index in [0.717, 1.165) is 5.56 Å². The van der Waals surface area contributed by atoms with Gasteiger partial charge in [0, 0.05) is 5.56 Å². The third kappa shape index (κ3) is 3.93. The van der Waals surface area contributed by atoms with Crippen LogP contribution >= 0.6 is 0 Å². The molecule has 0 radical (unpaired) electrons. The smallest absolute Gasteiger partial charge is 0.337 e. The third-order valence-electron chi connectivity index (χ3n) is 3.66. The van der Waals surface area contributed by atoms with Gasteiger partial charge < -0.3 is 15.2 Å². The summed E-state index contributed by atoms with van der Waals surface area (Å²) in [5.74, 6) is -0.940. The fraction of sp³-hybridized carbons (Fsp3) is 0.263. The molecule has 2 rings (SSSR count). The van der Waals surface area contributed by atoms with Crippen LogP contribution in [0.1, 0.15) is 47.1 Å². The fourth-order valence-corrected chi connectivity index (χ4v) is 2.20. The van der Waals surface area contributed by atoms with Crippen LogP contribution in [0.25, 0.3) is 0 Å². The minimum Gasteiger partial charge on any atom is -0.506 e. The molecule has 2 N–H and O–H groups in total. The first-order chi connectivity index (χ1) is 11.2. The van der Waals surface area contributed by atoms with Gasteiger partial charge in [-0.25, -0.2) is 4.79 Å². The van der Waals surface area contributed by atoms with E-state index in [9.17, 15) is 14.7 Å². The zero-order chi connectivity index (χ0) is 17.9. The van der Waals surface area contributed by atoms with E-state index in [-0.39, 0.29) is 16.7 Å². The summed E-state index contributed by atoms with van der Waals surface area (Å²) in [6, 6.07) is 11.3. The van der Waals surface area contributed by atoms with Crippen molar-refractivity contribution in [2.75, 3.05) is 12.4 Å². The lowest BCUT2D eigenvalue weighted by Crippen LogP contribution is -2.15. The molecule has 24 heavy (non-hydrogen) atoms. The van der Waals surface area contributed by atoms with Crippen LogP contribution in [-0.2, 0) is 10.2 Å². The number of nitrogens with one attached hydrogen (secondary N) is 1. The lowest BCUT2D eigenvalue weighted by Gasteiger charge is -2.20. The number of methoxy groups -OCH3 is 1. The summed E-state index contributed by atoms with van der Waals surface area (Å²) in [6.45, 7) is 6.14. The number of hydrogen-bond acceptors (Lipinski definition) is 4. The van der Waals surface area contributed by atoms with Crippen molar-refractivity contribution in [2.24, 2.45) is 0 Å². The number of benzene rings is 2. The molecule has 2 aromatic rings. The van der Waals surface area contributed by atoms with E-state index in [2.05, 4.69) is 10.1 Å². The van der Waals surface area contributed by atoms with Crippen molar-refractivity contribution >= 4 is 17.6 Å². The van der Waals surface area contributed by atoms with E-state index >= 15 is 0 Å². The number of hydrogen-bond donors (Lipinski definition) is 2. The molecule has 0 heterocycles. The zero-order valence-electron chi connectivity index (χ0n) is 14.2. The normalized spacial score (nSPS) is 11.0. The SMILES string of the molecule is COC(=O)c1cccc(C(=O)Nc2cc(C(C)(C)C)ccc2O)c1. The van der Waals surface area contributed by atoms with Crippen LogP contribution < -0.4 is 5.32 Å². The van der Waals surface area contributed by atoms with Crippen LogP contribution in [0.4, 0.5) is 5.69 Å². The Morgan fingerprint density at radius 2 is 1.71 bits per heavy atom. The maximum absolute atomic E-state index is 12.4. The highest BCUT2D eigenvalue weighted by Gasteiger charge is 2.17. The molecule has 0 unspecified atom stereocenters. The first-order valence-electron chi connectivity index (χ1n) is 7.55. The number of carbonyl (C=O) groups excluding carboxylic acids is 2. The Balaban J connectivity index is 2.29. The molecule has 0 aliphatic rings. The molecular formula is C19H21NO4. The molecule has 126 valence electrons. The van der Waals surface area contributed by atoms with Crippen molar-refractivity contribution in [3.05, 3.63) is 59.2 Å². The van der Waals surface area contributed by atoms with Crippen LogP contribution in [-0.4, -0.2) is 24.1 Å². The van der Waals surface area contributed by atoms with Gasteiger partial charge in [-0.1, -0.05) is 32.9 Å². The van der Waals surface area contributed by atoms with Crippen molar-refractivity contribution in [3.63, 3.8) is 0 Å². The predicted molar refractivity (Wildman–Crippen MR) is 92.5 cm³/mol. The number of phenols is 1. The number of rotatable bonds is 3. The number of carbonyl (C=O) groups is 2. The van der Waals surface area contributed by atoms with Gasteiger partial charge in [0.25, 0.3) is 5.91 Å². The number of anilines is 1. The molecule has 0 aliphatic heterocycles. The topological polar surface area (TPSA) is 75.6 Å². The Kier molecular flexibility index (Phi) is 4.93. The van der Waals surface area contributed by atoms with Gasteiger partial charge in [0.2, 0.25) is 0 Å². The Labute approximate surface area is 141 Å². The predicted octanol–water partition coefficient (Wildman–Crippen LogP) is 3.73. The van der Waals surface area contributed by atoms with E-state index < -0.39 is 11.9 Å². The van der Waals surface area contributed by atoms with Gasteiger partial charge in [0.1, 0.15) is 5.75 Å². The van der Waals surface area contributed by atoms with Gasteiger partial charge in [0.05, 0.1) is 18.4 Å². The Morgan fingerprint density at radius 1 is 1.04 bits per heavy atom. The molecule has 0 saturated heterocycles. The maximum atomic E-state index is 12.4. The molecular weight excluding hydrogens is 306 g/mol. The van der Waals surface area contributed by atoms with Crippen LogP contribution in [0, 0.1) is 0 Å². The summed E-state index contributed by atoms with van der Waals surface area (Å²) in [5, 5.41) is 12.7. The summed E-state index contributed by atoms with van der Waals surface area (Å²) in [4.78, 5) is 24.0. The minimum absolute atomic E-state index is 0.0135. The van der Waals surface area contributed by atoms with E-state index in [4.69, 9.17) is 0 Å². The molecule has 1 amide bonds. The van der Waals surface area contributed by atoms with E-state index in [1.807, 2.05) is 26.8 Å². The average molecular weight is 327 g/mol. The van der Waals surface area contributed by atoms with Crippen molar-refractivity contribution in [3.8, 4) is 5.75 Å². The quantitative estimate of drug-likeness (QED) is 0.665. The fourth-order valence-electron chi connectivity index (χ4n) is 2.20. The van der Waals surface area contributed by atoms with Crippen molar-refractivity contribution in [1.82, 2.24) is 0 Å². The summed E-state index contributed by atoms with van der Waals surface area (Å²) in [6.07, 6.45) is 0. The van der Waals surface area contributed by atoms with E-state index in [1.165, 1.54) is 13.2 Å². The molecule has 2 aromatic carbocycles. The monoisotopic (exact) mass is 327 g/mol. The van der Waals surface area contributed by atoms with Gasteiger partial charge in [-0.3, -0.25) is 4.79 Å². The second-order valence-electron chi connectivity index (χ2n) is 6.51. The summed E-state index contributed by atoms with van der Waals surface area (Å²) in [7, 11) is 1.28. The lowest BCUT2D eigenvalue weighted by molar-refractivity contribution is 0.0600. The second kappa shape index (κ2) is 6.74. The molecule has 5 nitrogen and oxygen atoms in total. The lowest BCUT2D eigenvalue weighted by atomic mass is 9.87. The molecule has 0 saturated carbocycles. The van der Waals surface area contributed by atoms with Gasteiger partial charge in [-0.05, 0) is 41.3 Å². The highest BCUT2D eigenvalue weighted by molar-refractivity contribution is 6.06. The molecule has 0 aliphatic carbocycles. The zero-order valence-corrected chi connectivity index (χ0v) is 14.2. The number of esters is 1. The Bertz CT molecular complexity index is 775. The summed E-state index contributed by atoms with van der Waals surface area (Å²) < 4.78 is 4.65. The molecule has 0 aromatic heterocycles. The average Bonchev–Trinajstić information content (AvgIpc) is 2.55. The molecule has 5 heteroatoms. The highest BCUT2D eigenvalue weighted by atomic mass is 16.5. The maximum Gasteiger partial charge on any atom is 0.337 e. The standard InChI is InChI=1S/C19H21NO4/c1-19(2,3)14-8-9-16(21)15(11-14)20-17(22)12-6-5-7-13(10-12)18(23)24-4/h5-11,21H,1-4H3,(H,20,22). The number of aromatic hydroxyl groups is 1. The van der Waals surface area contributed by atoms with Gasteiger partial charge in [0.15, 0.2) is 0 Å². The van der Waals surface area contributed by atoms with Gasteiger partial charge >= 0.3 is 5.97 Å². The molecule has 0 bridgehead atoms. The van der Waals surface area contributed by atoms with Crippen molar-refractivity contribution in [2.45, 2.75) is 26.2 Å².